The van der Waals surface area contributed by atoms with Crippen molar-refractivity contribution >= 4 is 23.0 Å². The van der Waals surface area contributed by atoms with Crippen LogP contribution in [0.25, 0.3) is 0 Å². The minimum atomic E-state index is 0.793. The van der Waals surface area contributed by atoms with Crippen molar-refractivity contribution in [2.75, 3.05) is 18.4 Å². The molecule has 1 fully saturated rings. The highest BCUT2D eigenvalue weighted by Gasteiger charge is 2.33. The fourth-order valence-electron chi connectivity index (χ4n) is 3.09. The van der Waals surface area contributed by atoms with Crippen molar-refractivity contribution in [1.29, 1.82) is 0 Å². The van der Waals surface area contributed by atoms with Crippen LogP contribution in [0.5, 0.6) is 0 Å². The third kappa shape index (κ3) is 2.66. The first kappa shape index (κ1) is 12.7. The molecular weight excluding hydrogens is 252 g/mol. The van der Waals surface area contributed by atoms with Crippen LogP contribution in [0, 0.1) is 18.8 Å². The molecule has 1 N–H and O–H groups in total. The van der Waals surface area contributed by atoms with E-state index in [1.54, 1.807) is 0 Å². The van der Waals surface area contributed by atoms with Gasteiger partial charge in [0.2, 0.25) is 0 Å². The maximum atomic E-state index is 5.57. The Bertz CT molecular complexity index is 493. The van der Waals surface area contributed by atoms with E-state index >= 15 is 0 Å². The molecule has 0 radical (unpaired) electrons. The van der Waals surface area contributed by atoms with Crippen molar-refractivity contribution in [3.63, 3.8) is 0 Å². The van der Waals surface area contributed by atoms with Gasteiger partial charge in [0.1, 0.15) is 0 Å². The molecule has 100 valence electrons. The number of aryl methyl sites for hydroxylation is 1. The molecule has 19 heavy (non-hydrogen) atoms. The smallest absolute Gasteiger partial charge is 0.173 e. The second-order valence-corrected chi connectivity index (χ2v) is 6.00. The standard InChI is InChI=1S/C16H20N2S/c1-12-6-2-5-9-15(12)17-16(19)18-10-13-7-3-4-8-14(13)11-18/h2-6,9,13-14H,7-8,10-11H2,1H3,(H,17,19). The van der Waals surface area contributed by atoms with E-state index in [9.17, 15) is 0 Å². The van der Waals surface area contributed by atoms with Gasteiger partial charge in [-0.1, -0.05) is 30.4 Å². The summed E-state index contributed by atoms with van der Waals surface area (Å²) in [5.74, 6) is 1.59. The number of benzene rings is 1. The van der Waals surface area contributed by atoms with E-state index in [2.05, 4.69) is 47.5 Å². The van der Waals surface area contributed by atoms with E-state index in [1.165, 1.54) is 18.4 Å². The molecule has 2 atom stereocenters. The first-order chi connectivity index (χ1) is 9.24. The number of likely N-dealkylation sites (tertiary alicyclic amines) is 1. The third-order valence-electron chi connectivity index (χ3n) is 4.29. The maximum absolute atomic E-state index is 5.57. The van der Waals surface area contributed by atoms with Crippen LogP contribution in [0.2, 0.25) is 0 Å². The fourth-order valence-corrected chi connectivity index (χ4v) is 3.35. The Hall–Kier alpha value is -1.35. The van der Waals surface area contributed by atoms with E-state index in [4.69, 9.17) is 12.2 Å². The second-order valence-electron chi connectivity index (χ2n) is 5.61. The highest BCUT2D eigenvalue weighted by atomic mass is 32.1. The van der Waals surface area contributed by atoms with Gasteiger partial charge in [0.15, 0.2) is 5.11 Å². The molecule has 1 aliphatic heterocycles. The van der Waals surface area contributed by atoms with Crippen molar-refractivity contribution < 1.29 is 0 Å². The lowest BCUT2D eigenvalue weighted by Gasteiger charge is -2.21. The van der Waals surface area contributed by atoms with Crippen LogP contribution in [0.4, 0.5) is 5.69 Å². The molecule has 0 bridgehead atoms. The number of anilines is 1. The summed E-state index contributed by atoms with van der Waals surface area (Å²) in [6.45, 7) is 4.32. The van der Waals surface area contributed by atoms with E-state index in [0.717, 1.165) is 35.7 Å². The molecule has 0 spiro atoms. The molecule has 0 aromatic heterocycles. The van der Waals surface area contributed by atoms with E-state index in [1.807, 2.05) is 6.07 Å². The largest absolute Gasteiger partial charge is 0.348 e. The number of allylic oxidation sites excluding steroid dienone is 2. The highest BCUT2D eigenvalue weighted by Crippen LogP contribution is 2.33. The zero-order chi connectivity index (χ0) is 13.2. The lowest BCUT2D eigenvalue weighted by molar-refractivity contribution is 0.411. The van der Waals surface area contributed by atoms with Crippen molar-refractivity contribution in [2.24, 2.45) is 11.8 Å². The number of rotatable bonds is 1. The van der Waals surface area contributed by atoms with Crippen LogP contribution in [0.1, 0.15) is 18.4 Å². The summed E-state index contributed by atoms with van der Waals surface area (Å²) in [6.07, 6.45) is 7.08. The first-order valence-electron chi connectivity index (χ1n) is 7.00. The number of nitrogens with one attached hydrogen (secondary N) is 1. The normalized spacial score (nSPS) is 25.2. The second kappa shape index (κ2) is 5.33. The van der Waals surface area contributed by atoms with Gasteiger partial charge in [-0.05, 0) is 55.4 Å². The molecule has 1 aromatic rings. The van der Waals surface area contributed by atoms with Crippen LogP contribution in [-0.2, 0) is 0 Å². The molecule has 0 amide bonds. The van der Waals surface area contributed by atoms with E-state index in [-0.39, 0.29) is 0 Å². The quantitative estimate of drug-likeness (QED) is 0.621. The number of fused-ring (bicyclic) bond motifs is 1. The van der Waals surface area contributed by atoms with Gasteiger partial charge in [-0.3, -0.25) is 0 Å². The number of hydrogen-bond donors (Lipinski definition) is 1. The summed E-state index contributed by atoms with van der Waals surface area (Å²) < 4.78 is 0. The molecule has 3 heteroatoms. The number of para-hydroxylation sites is 1. The van der Waals surface area contributed by atoms with Crippen LogP contribution in [0.15, 0.2) is 36.4 Å². The zero-order valence-electron chi connectivity index (χ0n) is 11.3. The SMILES string of the molecule is Cc1ccccc1NC(=S)N1CC2CC=CCC2C1. The summed E-state index contributed by atoms with van der Waals surface area (Å²) in [5, 5.41) is 4.28. The average Bonchev–Trinajstić information content (AvgIpc) is 2.85. The Kier molecular flexibility index (Phi) is 3.56. The molecule has 1 aliphatic carbocycles. The van der Waals surface area contributed by atoms with Crippen LogP contribution >= 0.6 is 12.2 Å². The van der Waals surface area contributed by atoms with Gasteiger partial charge in [0.25, 0.3) is 0 Å². The van der Waals surface area contributed by atoms with Crippen LogP contribution in [0.3, 0.4) is 0 Å². The summed E-state index contributed by atoms with van der Waals surface area (Å²) in [7, 11) is 0. The van der Waals surface area contributed by atoms with Gasteiger partial charge in [-0.25, -0.2) is 0 Å². The molecule has 1 saturated heterocycles. The monoisotopic (exact) mass is 272 g/mol. The fraction of sp³-hybridized carbons (Fsp3) is 0.438. The number of nitrogens with zero attached hydrogens (tertiary/aromatic N) is 1. The van der Waals surface area contributed by atoms with Crippen molar-refractivity contribution in [1.82, 2.24) is 4.90 Å². The first-order valence-corrected chi connectivity index (χ1v) is 7.41. The predicted octanol–water partition coefficient (Wildman–Crippen LogP) is 3.59. The summed E-state index contributed by atoms with van der Waals surface area (Å²) in [5.41, 5.74) is 2.36. The minimum Gasteiger partial charge on any atom is -0.348 e. The van der Waals surface area contributed by atoms with Gasteiger partial charge in [0.05, 0.1) is 0 Å². The molecule has 1 heterocycles. The molecule has 2 nitrogen and oxygen atoms in total. The van der Waals surface area contributed by atoms with Crippen LogP contribution < -0.4 is 5.32 Å². The Balaban J connectivity index is 1.65. The van der Waals surface area contributed by atoms with Crippen molar-refractivity contribution in [3.8, 4) is 0 Å². The van der Waals surface area contributed by atoms with Gasteiger partial charge >= 0.3 is 0 Å². The summed E-state index contributed by atoms with van der Waals surface area (Å²) in [6, 6.07) is 8.30. The molecule has 1 aromatic carbocycles. The third-order valence-corrected chi connectivity index (χ3v) is 4.65. The zero-order valence-corrected chi connectivity index (χ0v) is 12.1. The minimum absolute atomic E-state index is 0.793. The Labute approximate surface area is 120 Å². The van der Waals surface area contributed by atoms with Gasteiger partial charge in [-0.2, -0.15) is 0 Å². The number of hydrogen-bond acceptors (Lipinski definition) is 1. The molecule has 0 saturated carbocycles. The van der Waals surface area contributed by atoms with E-state index < -0.39 is 0 Å². The van der Waals surface area contributed by atoms with Gasteiger partial charge in [0, 0.05) is 18.8 Å². The lowest BCUT2D eigenvalue weighted by atomic mass is 9.86. The lowest BCUT2D eigenvalue weighted by Crippen LogP contribution is -2.33. The predicted molar refractivity (Wildman–Crippen MR) is 84.3 cm³/mol. The molecule has 2 aliphatic rings. The van der Waals surface area contributed by atoms with Gasteiger partial charge in [-0.15, -0.1) is 0 Å². The number of thiocarbonyl (C=S) groups is 1. The molecular formula is C16H20N2S. The maximum Gasteiger partial charge on any atom is 0.173 e. The highest BCUT2D eigenvalue weighted by molar-refractivity contribution is 7.80. The van der Waals surface area contributed by atoms with Crippen molar-refractivity contribution in [3.05, 3.63) is 42.0 Å². The molecule has 3 rings (SSSR count). The summed E-state index contributed by atoms with van der Waals surface area (Å²) in [4.78, 5) is 2.34. The average molecular weight is 272 g/mol. The van der Waals surface area contributed by atoms with Gasteiger partial charge < -0.3 is 10.2 Å². The van der Waals surface area contributed by atoms with E-state index in [0.29, 0.717) is 0 Å². The Morgan fingerprint density at radius 2 is 1.79 bits per heavy atom. The van der Waals surface area contributed by atoms with Crippen LogP contribution in [-0.4, -0.2) is 23.1 Å². The Morgan fingerprint density at radius 1 is 1.16 bits per heavy atom. The van der Waals surface area contributed by atoms with Crippen molar-refractivity contribution in [2.45, 2.75) is 19.8 Å². The Morgan fingerprint density at radius 3 is 2.42 bits per heavy atom. The summed E-state index contributed by atoms with van der Waals surface area (Å²) >= 11 is 5.57. The topological polar surface area (TPSA) is 15.3 Å². The molecule has 2 unspecified atom stereocenters.